The Morgan fingerprint density at radius 1 is 1.30 bits per heavy atom. The molecule has 0 saturated carbocycles. The molecule has 0 aliphatic heterocycles. The molecule has 0 fully saturated rings. The van der Waals surface area contributed by atoms with E-state index in [1.807, 2.05) is 13.8 Å². The summed E-state index contributed by atoms with van der Waals surface area (Å²) in [5, 5.41) is 0. The van der Waals surface area contributed by atoms with E-state index < -0.39 is 6.10 Å². The van der Waals surface area contributed by atoms with Gasteiger partial charge in [0.1, 0.15) is 0 Å². The van der Waals surface area contributed by atoms with Crippen molar-refractivity contribution in [3.63, 3.8) is 0 Å². The molecule has 0 aromatic rings. The lowest BCUT2D eigenvalue weighted by Crippen LogP contribution is -2.29. The number of carbonyl (C=O) groups excluding carboxylic acids is 1. The van der Waals surface area contributed by atoms with Crippen LogP contribution in [-0.4, -0.2) is 26.3 Å². The number of hydrogen-bond acceptors (Lipinski definition) is 3. The third-order valence-corrected chi connectivity index (χ3v) is 1.29. The van der Waals surface area contributed by atoms with Crippen LogP contribution in [0.25, 0.3) is 0 Å². The molecule has 0 aliphatic rings. The lowest BCUT2D eigenvalue weighted by molar-refractivity contribution is -0.154. The standard InChI is InChI=1S/C7H14O3/c1-5(2)6(9-3)7(8)10-4/h5-6H,1-4H3. The highest BCUT2D eigenvalue weighted by atomic mass is 16.6. The van der Waals surface area contributed by atoms with Crippen LogP contribution in [0, 0.1) is 5.92 Å². The van der Waals surface area contributed by atoms with Crippen LogP contribution < -0.4 is 0 Å². The van der Waals surface area contributed by atoms with Crippen LogP contribution in [0.2, 0.25) is 0 Å². The SMILES string of the molecule is COC(=O)C(OC)C(C)C. The van der Waals surface area contributed by atoms with Gasteiger partial charge < -0.3 is 9.47 Å². The fourth-order valence-electron chi connectivity index (χ4n) is 0.757. The Bertz CT molecular complexity index is 109. The fraction of sp³-hybridized carbons (Fsp3) is 0.857. The summed E-state index contributed by atoms with van der Waals surface area (Å²) in [5.74, 6) is -0.144. The van der Waals surface area contributed by atoms with Crippen molar-refractivity contribution in [2.75, 3.05) is 14.2 Å². The van der Waals surface area contributed by atoms with Gasteiger partial charge in [-0.1, -0.05) is 13.8 Å². The van der Waals surface area contributed by atoms with Crippen molar-refractivity contribution >= 4 is 5.97 Å². The Kier molecular flexibility index (Phi) is 4.03. The molecule has 0 heterocycles. The molecule has 0 bridgehead atoms. The number of methoxy groups -OCH3 is 2. The average molecular weight is 146 g/mol. The molecule has 0 N–H and O–H groups in total. The van der Waals surface area contributed by atoms with Crippen molar-refractivity contribution in [2.45, 2.75) is 20.0 Å². The van der Waals surface area contributed by atoms with E-state index in [1.165, 1.54) is 14.2 Å². The number of carbonyl (C=O) groups is 1. The van der Waals surface area contributed by atoms with E-state index >= 15 is 0 Å². The molecule has 0 radical (unpaired) electrons. The third-order valence-electron chi connectivity index (χ3n) is 1.29. The van der Waals surface area contributed by atoms with Crippen LogP contribution in [0.4, 0.5) is 0 Å². The second-order valence-electron chi connectivity index (χ2n) is 2.42. The fourth-order valence-corrected chi connectivity index (χ4v) is 0.757. The highest BCUT2D eigenvalue weighted by molar-refractivity contribution is 5.74. The van der Waals surface area contributed by atoms with Crippen LogP contribution in [0.3, 0.4) is 0 Å². The van der Waals surface area contributed by atoms with Crippen molar-refractivity contribution in [3.8, 4) is 0 Å². The highest BCUT2D eigenvalue weighted by Gasteiger charge is 2.21. The van der Waals surface area contributed by atoms with Gasteiger partial charge in [0.25, 0.3) is 0 Å². The Hall–Kier alpha value is -0.570. The van der Waals surface area contributed by atoms with E-state index in [2.05, 4.69) is 4.74 Å². The maximum atomic E-state index is 10.8. The zero-order valence-corrected chi connectivity index (χ0v) is 6.88. The smallest absolute Gasteiger partial charge is 0.335 e. The second-order valence-corrected chi connectivity index (χ2v) is 2.42. The summed E-state index contributed by atoms with van der Waals surface area (Å²) in [6.07, 6.45) is -0.426. The van der Waals surface area contributed by atoms with Gasteiger partial charge in [-0.2, -0.15) is 0 Å². The monoisotopic (exact) mass is 146 g/mol. The molecular weight excluding hydrogens is 132 g/mol. The van der Waals surface area contributed by atoms with Gasteiger partial charge in [0.15, 0.2) is 6.10 Å². The zero-order valence-electron chi connectivity index (χ0n) is 6.88. The van der Waals surface area contributed by atoms with Gasteiger partial charge in [0, 0.05) is 7.11 Å². The van der Waals surface area contributed by atoms with E-state index in [0.29, 0.717) is 0 Å². The van der Waals surface area contributed by atoms with E-state index in [1.54, 1.807) is 0 Å². The molecule has 0 amide bonds. The summed E-state index contributed by atoms with van der Waals surface area (Å²) < 4.78 is 9.39. The quantitative estimate of drug-likeness (QED) is 0.553. The largest absolute Gasteiger partial charge is 0.467 e. The molecule has 0 saturated heterocycles. The van der Waals surface area contributed by atoms with E-state index in [-0.39, 0.29) is 11.9 Å². The number of esters is 1. The van der Waals surface area contributed by atoms with Gasteiger partial charge in [-0.3, -0.25) is 0 Å². The summed E-state index contributed by atoms with van der Waals surface area (Å²) in [7, 11) is 2.86. The lowest BCUT2D eigenvalue weighted by atomic mass is 10.1. The van der Waals surface area contributed by atoms with Crippen LogP contribution in [-0.2, 0) is 14.3 Å². The molecule has 3 heteroatoms. The summed E-state index contributed by atoms with van der Waals surface area (Å²) in [5.41, 5.74) is 0. The van der Waals surface area contributed by atoms with Crippen molar-refractivity contribution in [2.24, 2.45) is 5.92 Å². The zero-order chi connectivity index (χ0) is 8.15. The normalized spacial score (nSPS) is 13.3. The predicted octanol–water partition coefficient (Wildman–Crippen LogP) is 0.830. The van der Waals surface area contributed by atoms with Crippen LogP contribution in [0.5, 0.6) is 0 Å². The molecule has 1 unspecified atom stereocenters. The molecule has 10 heavy (non-hydrogen) atoms. The first-order valence-corrected chi connectivity index (χ1v) is 3.24. The summed E-state index contributed by atoms with van der Waals surface area (Å²) in [6, 6.07) is 0. The minimum absolute atomic E-state index is 0.164. The molecule has 0 aliphatic carbocycles. The first-order chi connectivity index (χ1) is 4.63. The lowest BCUT2D eigenvalue weighted by Gasteiger charge is -2.15. The maximum absolute atomic E-state index is 10.8. The highest BCUT2D eigenvalue weighted by Crippen LogP contribution is 2.06. The Morgan fingerprint density at radius 2 is 1.80 bits per heavy atom. The summed E-state index contributed by atoms with van der Waals surface area (Å²) >= 11 is 0. The predicted molar refractivity (Wildman–Crippen MR) is 37.7 cm³/mol. The number of hydrogen-bond donors (Lipinski definition) is 0. The molecule has 0 spiro atoms. The maximum Gasteiger partial charge on any atom is 0.335 e. The molecule has 1 atom stereocenters. The molecule has 0 aromatic carbocycles. The van der Waals surface area contributed by atoms with Crippen LogP contribution in [0.1, 0.15) is 13.8 Å². The minimum atomic E-state index is -0.426. The number of rotatable bonds is 3. The second kappa shape index (κ2) is 4.28. The third kappa shape index (κ3) is 2.35. The van der Waals surface area contributed by atoms with Crippen molar-refractivity contribution in [1.29, 1.82) is 0 Å². The molecule has 0 aromatic heterocycles. The molecular formula is C7H14O3. The molecule has 0 rings (SSSR count). The van der Waals surface area contributed by atoms with Gasteiger partial charge in [0.05, 0.1) is 7.11 Å². The van der Waals surface area contributed by atoms with E-state index in [9.17, 15) is 4.79 Å². The Morgan fingerprint density at radius 3 is 1.90 bits per heavy atom. The van der Waals surface area contributed by atoms with Gasteiger partial charge in [-0.05, 0) is 5.92 Å². The first-order valence-electron chi connectivity index (χ1n) is 3.24. The molecule has 60 valence electrons. The van der Waals surface area contributed by atoms with Crippen molar-refractivity contribution in [1.82, 2.24) is 0 Å². The van der Waals surface area contributed by atoms with E-state index in [0.717, 1.165) is 0 Å². The first kappa shape index (κ1) is 9.43. The van der Waals surface area contributed by atoms with Crippen LogP contribution in [0.15, 0.2) is 0 Å². The van der Waals surface area contributed by atoms with Crippen LogP contribution >= 0.6 is 0 Å². The summed E-state index contributed by atoms with van der Waals surface area (Å²) in [6.45, 7) is 3.82. The van der Waals surface area contributed by atoms with Gasteiger partial charge in [-0.15, -0.1) is 0 Å². The number of ether oxygens (including phenoxy) is 2. The minimum Gasteiger partial charge on any atom is -0.467 e. The average Bonchev–Trinajstić information content (AvgIpc) is 1.88. The topological polar surface area (TPSA) is 35.5 Å². The van der Waals surface area contributed by atoms with Crippen molar-refractivity contribution < 1.29 is 14.3 Å². The van der Waals surface area contributed by atoms with E-state index in [4.69, 9.17) is 4.74 Å². The van der Waals surface area contributed by atoms with Gasteiger partial charge in [0.2, 0.25) is 0 Å². The Labute approximate surface area is 61.3 Å². The Balaban J connectivity index is 3.93. The van der Waals surface area contributed by atoms with Crippen molar-refractivity contribution in [3.05, 3.63) is 0 Å². The summed E-state index contributed by atoms with van der Waals surface area (Å²) in [4.78, 5) is 10.8. The van der Waals surface area contributed by atoms with Gasteiger partial charge in [-0.25, -0.2) is 4.79 Å². The molecule has 3 nitrogen and oxygen atoms in total. The van der Waals surface area contributed by atoms with Gasteiger partial charge >= 0.3 is 5.97 Å².